The quantitative estimate of drug-likeness (QED) is 0.709. The second kappa shape index (κ2) is 9.04. The number of ether oxygens (including phenoxy) is 1. The first-order chi connectivity index (χ1) is 14.1. The van der Waals surface area contributed by atoms with Crippen molar-refractivity contribution in [2.45, 2.75) is 38.2 Å². The molecule has 1 N–H and O–H groups in total. The molecular formula is C20H27N5O3S. The Labute approximate surface area is 174 Å². The summed E-state index contributed by atoms with van der Waals surface area (Å²) in [5, 5.41) is 6.96. The van der Waals surface area contributed by atoms with Gasteiger partial charge < -0.3 is 15.0 Å². The van der Waals surface area contributed by atoms with Crippen LogP contribution in [0.25, 0.3) is 0 Å². The maximum atomic E-state index is 12.8. The molecule has 1 saturated heterocycles. The minimum atomic E-state index is -0.136. The predicted molar refractivity (Wildman–Crippen MR) is 109 cm³/mol. The van der Waals surface area contributed by atoms with E-state index < -0.39 is 0 Å². The highest BCUT2D eigenvalue weighted by Crippen LogP contribution is 2.37. The average molecular weight is 418 g/mol. The van der Waals surface area contributed by atoms with Crippen molar-refractivity contribution in [3.05, 3.63) is 34.0 Å². The van der Waals surface area contributed by atoms with Gasteiger partial charge in [-0.15, -0.1) is 11.3 Å². The first-order valence-corrected chi connectivity index (χ1v) is 11.0. The fourth-order valence-corrected chi connectivity index (χ4v) is 4.86. The van der Waals surface area contributed by atoms with Crippen molar-refractivity contribution in [1.82, 2.24) is 25.0 Å². The lowest BCUT2D eigenvalue weighted by molar-refractivity contribution is -0.126. The number of nitrogens with zero attached hydrogens (tertiary/aromatic N) is 4. The lowest BCUT2D eigenvalue weighted by Gasteiger charge is -2.39. The molecule has 1 saturated carbocycles. The van der Waals surface area contributed by atoms with Gasteiger partial charge in [-0.25, -0.2) is 4.98 Å². The molecule has 0 atom stereocenters. The third-order valence-corrected chi connectivity index (χ3v) is 6.60. The van der Waals surface area contributed by atoms with Crippen LogP contribution in [0.3, 0.4) is 0 Å². The summed E-state index contributed by atoms with van der Waals surface area (Å²) in [4.78, 5) is 31.9. The standard InChI is InChI=1S/C20H27N5O3S/c1-24-16(6-7-23-24)11-28-12-17(26)21-8-14-9-25(10-14)20(27)19-18(22-13-29-19)15-4-2-3-5-15/h6-7,13-15H,2-5,8-12H2,1H3,(H,21,26). The van der Waals surface area contributed by atoms with Crippen molar-refractivity contribution < 1.29 is 14.3 Å². The lowest BCUT2D eigenvalue weighted by atomic mass is 9.98. The van der Waals surface area contributed by atoms with E-state index in [2.05, 4.69) is 15.4 Å². The monoisotopic (exact) mass is 417 g/mol. The molecule has 2 amide bonds. The molecule has 4 rings (SSSR count). The molecule has 0 radical (unpaired) electrons. The van der Waals surface area contributed by atoms with Gasteiger partial charge in [-0.3, -0.25) is 14.3 Å². The van der Waals surface area contributed by atoms with E-state index >= 15 is 0 Å². The molecule has 8 nitrogen and oxygen atoms in total. The fraction of sp³-hybridized carbons (Fsp3) is 0.600. The van der Waals surface area contributed by atoms with Crippen molar-refractivity contribution in [2.24, 2.45) is 13.0 Å². The van der Waals surface area contributed by atoms with Crippen molar-refractivity contribution >= 4 is 23.2 Å². The number of aryl methyl sites for hydroxylation is 1. The summed E-state index contributed by atoms with van der Waals surface area (Å²) in [7, 11) is 1.84. The zero-order chi connectivity index (χ0) is 20.2. The Morgan fingerprint density at radius 2 is 2.10 bits per heavy atom. The Bertz CT molecular complexity index is 852. The van der Waals surface area contributed by atoms with Crippen LogP contribution in [0.15, 0.2) is 17.8 Å². The van der Waals surface area contributed by atoms with Crippen molar-refractivity contribution in [3.8, 4) is 0 Å². The number of thiazole rings is 1. The number of nitrogens with one attached hydrogen (secondary N) is 1. The Morgan fingerprint density at radius 1 is 1.31 bits per heavy atom. The predicted octanol–water partition coefficient (Wildman–Crippen LogP) is 1.94. The van der Waals surface area contributed by atoms with Crippen LogP contribution in [0.5, 0.6) is 0 Å². The minimum absolute atomic E-state index is 0.0200. The highest BCUT2D eigenvalue weighted by atomic mass is 32.1. The van der Waals surface area contributed by atoms with Crippen LogP contribution < -0.4 is 5.32 Å². The molecular weight excluding hydrogens is 390 g/mol. The van der Waals surface area contributed by atoms with Crippen molar-refractivity contribution in [3.63, 3.8) is 0 Å². The summed E-state index contributed by atoms with van der Waals surface area (Å²) in [5.41, 5.74) is 3.72. The lowest BCUT2D eigenvalue weighted by Crippen LogP contribution is -2.54. The van der Waals surface area contributed by atoms with Gasteiger partial charge in [0.2, 0.25) is 5.91 Å². The normalized spacial score (nSPS) is 17.5. The third-order valence-electron chi connectivity index (χ3n) is 5.77. The number of likely N-dealkylation sites (tertiary alicyclic amines) is 1. The Kier molecular flexibility index (Phi) is 6.25. The topological polar surface area (TPSA) is 89.4 Å². The van der Waals surface area contributed by atoms with Gasteiger partial charge in [0.1, 0.15) is 11.5 Å². The molecule has 2 aromatic rings. The van der Waals surface area contributed by atoms with Crippen LogP contribution >= 0.6 is 11.3 Å². The molecule has 2 aliphatic rings. The molecule has 1 aliphatic heterocycles. The number of hydrogen-bond donors (Lipinski definition) is 1. The van der Waals surface area contributed by atoms with E-state index in [9.17, 15) is 9.59 Å². The van der Waals surface area contributed by atoms with Gasteiger partial charge in [-0.1, -0.05) is 12.8 Å². The Balaban J connectivity index is 1.16. The third kappa shape index (κ3) is 4.67. The van der Waals surface area contributed by atoms with Gasteiger partial charge >= 0.3 is 0 Å². The van der Waals surface area contributed by atoms with Gasteiger partial charge in [-0.05, 0) is 18.9 Å². The second-order valence-electron chi connectivity index (χ2n) is 7.87. The summed E-state index contributed by atoms with van der Waals surface area (Å²) in [6, 6.07) is 1.86. The van der Waals surface area contributed by atoms with E-state index in [4.69, 9.17) is 4.74 Å². The van der Waals surface area contributed by atoms with E-state index in [1.54, 1.807) is 16.4 Å². The smallest absolute Gasteiger partial charge is 0.265 e. The molecule has 0 aromatic carbocycles. The molecule has 9 heteroatoms. The van der Waals surface area contributed by atoms with Crippen LogP contribution in [0, 0.1) is 5.92 Å². The minimum Gasteiger partial charge on any atom is -0.365 e. The summed E-state index contributed by atoms with van der Waals surface area (Å²) in [6.45, 7) is 2.30. The molecule has 2 aromatic heterocycles. The summed E-state index contributed by atoms with van der Waals surface area (Å²) >= 11 is 1.46. The van der Waals surface area contributed by atoms with E-state index in [1.165, 1.54) is 24.2 Å². The van der Waals surface area contributed by atoms with Crippen LogP contribution in [-0.4, -0.2) is 57.7 Å². The molecule has 1 aliphatic carbocycles. The molecule has 2 fully saturated rings. The van der Waals surface area contributed by atoms with Crippen LogP contribution in [0.2, 0.25) is 0 Å². The largest absolute Gasteiger partial charge is 0.365 e. The second-order valence-corrected chi connectivity index (χ2v) is 8.72. The van der Waals surface area contributed by atoms with Crippen LogP contribution in [-0.2, 0) is 23.2 Å². The van der Waals surface area contributed by atoms with Crippen molar-refractivity contribution in [1.29, 1.82) is 0 Å². The van der Waals surface area contributed by atoms with Gasteiger partial charge in [0.25, 0.3) is 5.91 Å². The number of rotatable bonds is 8. The van der Waals surface area contributed by atoms with E-state index in [0.29, 0.717) is 38.1 Å². The Hall–Kier alpha value is -2.26. The van der Waals surface area contributed by atoms with E-state index in [-0.39, 0.29) is 18.4 Å². The molecule has 0 unspecified atom stereocenters. The maximum Gasteiger partial charge on any atom is 0.265 e. The maximum absolute atomic E-state index is 12.8. The van der Waals surface area contributed by atoms with Gasteiger partial charge in [0, 0.05) is 44.7 Å². The number of carbonyl (C=O) groups excluding carboxylic acids is 2. The Morgan fingerprint density at radius 3 is 2.83 bits per heavy atom. The van der Waals surface area contributed by atoms with Gasteiger partial charge in [0.05, 0.1) is 23.5 Å². The zero-order valence-electron chi connectivity index (χ0n) is 16.7. The van der Waals surface area contributed by atoms with Crippen molar-refractivity contribution in [2.75, 3.05) is 26.2 Å². The van der Waals surface area contributed by atoms with Gasteiger partial charge in [0.15, 0.2) is 0 Å². The highest BCUT2D eigenvalue weighted by Gasteiger charge is 2.34. The summed E-state index contributed by atoms with van der Waals surface area (Å²) < 4.78 is 7.15. The molecule has 156 valence electrons. The average Bonchev–Trinajstić information content (AvgIpc) is 3.42. The summed E-state index contributed by atoms with van der Waals surface area (Å²) in [6.07, 6.45) is 6.44. The molecule has 0 spiro atoms. The van der Waals surface area contributed by atoms with E-state index in [0.717, 1.165) is 29.1 Å². The number of hydrogen-bond acceptors (Lipinski definition) is 6. The number of aromatic nitrogens is 3. The molecule has 0 bridgehead atoms. The molecule has 3 heterocycles. The van der Waals surface area contributed by atoms with Gasteiger partial charge in [-0.2, -0.15) is 5.10 Å². The summed E-state index contributed by atoms with van der Waals surface area (Å²) in [5.74, 6) is 0.699. The fourth-order valence-electron chi connectivity index (χ4n) is 4.01. The first kappa shape index (κ1) is 20.0. The van der Waals surface area contributed by atoms with Crippen LogP contribution in [0.1, 0.15) is 52.7 Å². The zero-order valence-corrected chi connectivity index (χ0v) is 17.5. The van der Waals surface area contributed by atoms with Crippen LogP contribution in [0.4, 0.5) is 0 Å². The highest BCUT2D eigenvalue weighted by molar-refractivity contribution is 7.11. The number of carbonyl (C=O) groups is 2. The first-order valence-electron chi connectivity index (χ1n) is 10.2. The molecule has 29 heavy (non-hydrogen) atoms. The number of amides is 2. The van der Waals surface area contributed by atoms with E-state index in [1.807, 2.05) is 18.0 Å². The SMILES string of the molecule is Cn1nccc1COCC(=O)NCC1CN(C(=O)c2scnc2C2CCCC2)C1.